The first-order valence-corrected chi connectivity index (χ1v) is 8.09. The van der Waals surface area contributed by atoms with Crippen LogP contribution >= 0.6 is 24.0 Å². The van der Waals surface area contributed by atoms with Gasteiger partial charge < -0.3 is 10.6 Å². The van der Waals surface area contributed by atoms with Gasteiger partial charge in [-0.1, -0.05) is 30.3 Å². The minimum atomic E-state index is -0.408. The average molecular weight is 472 g/mol. The van der Waals surface area contributed by atoms with Crippen molar-refractivity contribution in [1.82, 2.24) is 10.6 Å². The minimum absolute atomic E-state index is 0. The molecule has 0 aliphatic rings. The first kappa shape index (κ1) is 21.8. The molecule has 6 nitrogen and oxygen atoms in total. The number of hydrogen-bond acceptors (Lipinski definition) is 3. The van der Waals surface area contributed by atoms with E-state index in [9.17, 15) is 14.5 Å². The van der Waals surface area contributed by atoms with Gasteiger partial charge in [0.15, 0.2) is 5.96 Å². The summed E-state index contributed by atoms with van der Waals surface area (Å²) in [5.41, 5.74) is 1.50. The summed E-state index contributed by atoms with van der Waals surface area (Å²) >= 11 is 0. The quantitative estimate of drug-likeness (QED) is 0.212. The molecule has 2 aromatic rings. The van der Waals surface area contributed by atoms with E-state index in [2.05, 4.69) is 15.6 Å². The molecule has 0 heterocycles. The molecule has 0 aromatic heterocycles. The topological polar surface area (TPSA) is 79.6 Å². The highest BCUT2D eigenvalue weighted by Gasteiger charge is 2.11. The summed E-state index contributed by atoms with van der Waals surface area (Å²) in [5.74, 6) is 0.312. The number of para-hydroxylation sites is 1. The fourth-order valence-corrected chi connectivity index (χ4v) is 2.35. The van der Waals surface area contributed by atoms with Gasteiger partial charge in [-0.2, -0.15) is 0 Å². The van der Waals surface area contributed by atoms with Crippen LogP contribution in [0.15, 0.2) is 53.5 Å². The predicted molar refractivity (Wildman–Crippen MR) is 111 cm³/mol. The van der Waals surface area contributed by atoms with Gasteiger partial charge in [0.2, 0.25) is 0 Å². The van der Waals surface area contributed by atoms with E-state index in [0.717, 1.165) is 5.56 Å². The lowest BCUT2D eigenvalue weighted by atomic mass is 10.1. The Morgan fingerprint density at radius 3 is 2.65 bits per heavy atom. The molecule has 0 fully saturated rings. The molecule has 8 heteroatoms. The number of benzene rings is 2. The van der Waals surface area contributed by atoms with Gasteiger partial charge in [0, 0.05) is 19.2 Å². The number of aliphatic imine (C=N–C) groups is 1. The molecule has 0 unspecified atom stereocenters. The van der Waals surface area contributed by atoms with E-state index in [1.54, 1.807) is 24.3 Å². The van der Waals surface area contributed by atoms with Crippen molar-refractivity contribution in [2.75, 3.05) is 13.1 Å². The first-order valence-electron chi connectivity index (χ1n) is 8.09. The van der Waals surface area contributed by atoms with E-state index in [1.165, 1.54) is 18.2 Å². The Hall–Kier alpha value is -2.23. The third-order valence-electron chi connectivity index (χ3n) is 3.54. The second-order valence-electron chi connectivity index (χ2n) is 5.39. The molecule has 140 valence electrons. The van der Waals surface area contributed by atoms with Crippen molar-refractivity contribution in [1.29, 1.82) is 0 Å². The van der Waals surface area contributed by atoms with Gasteiger partial charge in [0.1, 0.15) is 5.82 Å². The zero-order valence-corrected chi connectivity index (χ0v) is 16.8. The maximum Gasteiger partial charge on any atom is 0.274 e. The summed E-state index contributed by atoms with van der Waals surface area (Å²) in [5, 5.41) is 17.3. The summed E-state index contributed by atoms with van der Waals surface area (Å²) in [4.78, 5) is 15.0. The highest BCUT2D eigenvalue weighted by atomic mass is 127. The molecule has 2 aromatic carbocycles. The van der Waals surface area contributed by atoms with Crippen molar-refractivity contribution >= 4 is 35.6 Å². The maximum absolute atomic E-state index is 13.2. The second kappa shape index (κ2) is 11.4. The van der Waals surface area contributed by atoms with E-state index in [-0.39, 0.29) is 42.0 Å². The monoisotopic (exact) mass is 472 g/mol. The van der Waals surface area contributed by atoms with Gasteiger partial charge in [0.25, 0.3) is 5.69 Å². The van der Waals surface area contributed by atoms with Gasteiger partial charge in [-0.15, -0.1) is 24.0 Å². The largest absolute Gasteiger partial charge is 0.357 e. The molecule has 0 saturated heterocycles. The lowest BCUT2D eigenvalue weighted by Gasteiger charge is -2.11. The van der Waals surface area contributed by atoms with Crippen LogP contribution in [0.1, 0.15) is 18.1 Å². The van der Waals surface area contributed by atoms with Crippen molar-refractivity contribution in [3.63, 3.8) is 0 Å². The summed E-state index contributed by atoms with van der Waals surface area (Å²) in [6.07, 6.45) is 0.646. The molecule has 0 saturated carbocycles. The Kier molecular flexibility index (Phi) is 9.56. The van der Waals surface area contributed by atoms with E-state index in [0.29, 0.717) is 31.0 Å². The molecule has 26 heavy (non-hydrogen) atoms. The first-order chi connectivity index (χ1) is 12.1. The molecular weight excluding hydrogens is 450 g/mol. The number of hydrogen-bond donors (Lipinski definition) is 2. The molecular formula is C18H22FIN4O2. The fourth-order valence-electron chi connectivity index (χ4n) is 2.35. The molecule has 0 radical (unpaired) electrons. The highest BCUT2D eigenvalue weighted by Crippen LogP contribution is 2.18. The highest BCUT2D eigenvalue weighted by molar-refractivity contribution is 14.0. The number of nitrogens with one attached hydrogen (secondary N) is 2. The van der Waals surface area contributed by atoms with Gasteiger partial charge in [-0.3, -0.25) is 10.1 Å². The number of rotatable bonds is 7. The van der Waals surface area contributed by atoms with Crippen molar-refractivity contribution in [2.24, 2.45) is 4.99 Å². The van der Waals surface area contributed by atoms with Crippen LogP contribution < -0.4 is 10.6 Å². The van der Waals surface area contributed by atoms with Crippen LogP contribution in [0.25, 0.3) is 0 Å². The molecule has 0 bridgehead atoms. The SMILES string of the molecule is CCNC(=NCc1ccccc1[N+](=O)[O-])NCCc1cccc(F)c1.I. The lowest BCUT2D eigenvalue weighted by Crippen LogP contribution is -2.38. The zero-order chi connectivity index (χ0) is 18.1. The standard InChI is InChI=1S/C18H21FN4O2.HI/c1-2-20-18(21-11-10-14-6-5-8-16(19)12-14)22-13-15-7-3-4-9-17(15)23(24)25;/h3-9,12H,2,10-11,13H2,1H3,(H2,20,21,22);1H. The van der Waals surface area contributed by atoms with Crippen molar-refractivity contribution < 1.29 is 9.31 Å². The number of halogens is 2. The smallest absolute Gasteiger partial charge is 0.274 e. The third kappa shape index (κ3) is 6.95. The third-order valence-corrected chi connectivity index (χ3v) is 3.54. The number of guanidine groups is 1. The van der Waals surface area contributed by atoms with Gasteiger partial charge >= 0.3 is 0 Å². The molecule has 0 aliphatic heterocycles. The number of nitro groups is 1. The predicted octanol–water partition coefficient (Wildman–Crippen LogP) is 3.65. The Balaban J connectivity index is 0.00000338. The van der Waals surface area contributed by atoms with Gasteiger partial charge in [-0.05, 0) is 31.0 Å². The average Bonchev–Trinajstić information content (AvgIpc) is 2.60. The van der Waals surface area contributed by atoms with E-state index in [4.69, 9.17) is 0 Å². The van der Waals surface area contributed by atoms with E-state index >= 15 is 0 Å². The minimum Gasteiger partial charge on any atom is -0.357 e. The summed E-state index contributed by atoms with van der Waals surface area (Å²) in [7, 11) is 0. The Labute approximate surface area is 169 Å². The van der Waals surface area contributed by atoms with Crippen LogP contribution in [-0.2, 0) is 13.0 Å². The molecule has 2 rings (SSSR count). The zero-order valence-electron chi connectivity index (χ0n) is 14.4. The van der Waals surface area contributed by atoms with Crippen molar-refractivity contribution in [3.05, 3.63) is 75.6 Å². The van der Waals surface area contributed by atoms with Crippen molar-refractivity contribution in [3.8, 4) is 0 Å². The number of nitrogens with zero attached hydrogens (tertiary/aromatic N) is 2. The van der Waals surface area contributed by atoms with Crippen molar-refractivity contribution in [2.45, 2.75) is 19.9 Å². The molecule has 0 amide bonds. The summed E-state index contributed by atoms with van der Waals surface area (Å²) in [6.45, 7) is 3.38. The normalized spacial score (nSPS) is 10.8. The Morgan fingerprint density at radius 1 is 1.19 bits per heavy atom. The summed E-state index contributed by atoms with van der Waals surface area (Å²) in [6, 6.07) is 13.0. The van der Waals surface area contributed by atoms with Crippen LogP contribution in [0.4, 0.5) is 10.1 Å². The van der Waals surface area contributed by atoms with E-state index < -0.39 is 4.92 Å². The molecule has 0 spiro atoms. The Morgan fingerprint density at radius 2 is 1.96 bits per heavy atom. The molecule has 2 N–H and O–H groups in total. The fraction of sp³-hybridized carbons (Fsp3) is 0.278. The van der Waals surface area contributed by atoms with Crippen LogP contribution in [0.5, 0.6) is 0 Å². The lowest BCUT2D eigenvalue weighted by molar-refractivity contribution is -0.385. The molecule has 0 atom stereocenters. The van der Waals surface area contributed by atoms with Gasteiger partial charge in [0.05, 0.1) is 17.0 Å². The van der Waals surface area contributed by atoms with Crippen LogP contribution in [0, 0.1) is 15.9 Å². The van der Waals surface area contributed by atoms with Crippen LogP contribution in [0.3, 0.4) is 0 Å². The van der Waals surface area contributed by atoms with Crippen LogP contribution in [-0.4, -0.2) is 24.0 Å². The molecule has 0 aliphatic carbocycles. The van der Waals surface area contributed by atoms with Gasteiger partial charge in [-0.25, -0.2) is 9.38 Å². The van der Waals surface area contributed by atoms with E-state index in [1.807, 2.05) is 13.0 Å². The second-order valence-corrected chi connectivity index (χ2v) is 5.39. The summed E-state index contributed by atoms with van der Waals surface area (Å²) < 4.78 is 13.2. The Bertz CT molecular complexity index is 755. The van der Waals surface area contributed by atoms with Crippen LogP contribution in [0.2, 0.25) is 0 Å². The number of nitro benzene ring substituents is 1. The maximum atomic E-state index is 13.2.